The first-order chi connectivity index (χ1) is 16.6. The van der Waals surface area contributed by atoms with E-state index in [1.165, 1.54) is 69.8 Å². The van der Waals surface area contributed by atoms with Crippen LogP contribution in [0.1, 0.15) is 103 Å². The van der Waals surface area contributed by atoms with Crippen LogP contribution in [0.3, 0.4) is 0 Å². The van der Waals surface area contributed by atoms with Gasteiger partial charge < -0.3 is 4.74 Å². The first-order valence-corrected chi connectivity index (χ1v) is 13.4. The molecular formula is C29H44F2N2O. The van der Waals surface area contributed by atoms with Crippen molar-refractivity contribution >= 4 is 0 Å². The minimum absolute atomic E-state index is 0.0556. The lowest BCUT2D eigenvalue weighted by molar-refractivity contribution is 0.170. The van der Waals surface area contributed by atoms with Crippen molar-refractivity contribution in [3.05, 3.63) is 42.2 Å². The molecule has 0 bridgehead atoms. The minimum atomic E-state index is -1.16. The zero-order chi connectivity index (χ0) is 24.4. The molecule has 5 heteroatoms. The lowest BCUT2D eigenvalue weighted by atomic mass is 10.0. The van der Waals surface area contributed by atoms with Crippen LogP contribution in [-0.2, 0) is 6.42 Å². The summed E-state index contributed by atoms with van der Waals surface area (Å²) in [6, 6.07) is 7.36. The van der Waals surface area contributed by atoms with Gasteiger partial charge in [0.1, 0.15) is 18.5 Å². The summed E-state index contributed by atoms with van der Waals surface area (Å²) in [7, 11) is 0. The average Bonchev–Trinajstić information content (AvgIpc) is 2.87. The summed E-state index contributed by atoms with van der Waals surface area (Å²) >= 11 is 0. The van der Waals surface area contributed by atoms with Crippen molar-refractivity contribution in [1.82, 2.24) is 9.97 Å². The number of aryl methyl sites for hydroxylation is 1. The van der Waals surface area contributed by atoms with E-state index < -0.39 is 12.3 Å². The molecule has 0 spiro atoms. The second-order valence-electron chi connectivity index (χ2n) is 9.36. The monoisotopic (exact) mass is 474 g/mol. The first kappa shape index (κ1) is 28.2. The van der Waals surface area contributed by atoms with Gasteiger partial charge in [-0.3, -0.25) is 0 Å². The van der Waals surface area contributed by atoms with Crippen LogP contribution in [0, 0.1) is 0 Å². The molecule has 3 nitrogen and oxygen atoms in total. The van der Waals surface area contributed by atoms with Crippen LogP contribution in [-0.4, -0.2) is 28.9 Å². The molecule has 2 rings (SSSR count). The smallest absolute Gasteiger partial charge is 0.159 e. The maximum absolute atomic E-state index is 13.9. The summed E-state index contributed by atoms with van der Waals surface area (Å²) in [5.41, 5.74) is 2.08. The van der Waals surface area contributed by atoms with Gasteiger partial charge in [0, 0.05) is 18.0 Å². The second kappa shape index (κ2) is 17.4. The van der Waals surface area contributed by atoms with E-state index in [2.05, 4.69) is 16.9 Å². The van der Waals surface area contributed by atoms with Crippen molar-refractivity contribution in [2.75, 3.05) is 6.61 Å². The zero-order valence-electron chi connectivity index (χ0n) is 21.3. The third kappa shape index (κ3) is 11.9. The topological polar surface area (TPSA) is 35.0 Å². The number of aromatic nitrogens is 2. The highest BCUT2D eigenvalue weighted by molar-refractivity contribution is 5.55. The summed E-state index contributed by atoms with van der Waals surface area (Å²) in [5.74, 6) is 1.27. The van der Waals surface area contributed by atoms with E-state index in [4.69, 9.17) is 4.74 Å². The number of halogens is 2. The van der Waals surface area contributed by atoms with Gasteiger partial charge in [0.2, 0.25) is 0 Å². The van der Waals surface area contributed by atoms with Gasteiger partial charge in [-0.2, -0.15) is 0 Å². The highest BCUT2D eigenvalue weighted by atomic mass is 19.1. The second-order valence-corrected chi connectivity index (χ2v) is 9.36. The predicted octanol–water partition coefficient (Wildman–Crippen LogP) is 8.85. The van der Waals surface area contributed by atoms with Crippen LogP contribution in [0.5, 0.6) is 5.75 Å². The van der Waals surface area contributed by atoms with Gasteiger partial charge >= 0.3 is 0 Å². The number of unbranched alkanes of at least 4 members (excludes halogenated alkanes) is 9. The molecule has 2 atom stereocenters. The number of hydrogen-bond donors (Lipinski definition) is 0. The van der Waals surface area contributed by atoms with Crippen molar-refractivity contribution in [3.8, 4) is 17.1 Å². The Morgan fingerprint density at radius 3 is 1.88 bits per heavy atom. The predicted molar refractivity (Wildman–Crippen MR) is 138 cm³/mol. The molecule has 190 valence electrons. The number of alkyl halides is 2. The number of hydrogen-bond acceptors (Lipinski definition) is 3. The quantitative estimate of drug-likeness (QED) is 0.191. The van der Waals surface area contributed by atoms with E-state index in [0.29, 0.717) is 18.0 Å². The first-order valence-electron chi connectivity index (χ1n) is 13.4. The van der Waals surface area contributed by atoms with Crippen LogP contribution in [0.4, 0.5) is 8.78 Å². The summed E-state index contributed by atoms with van der Waals surface area (Å²) in [4.78, 5) is 9.04. The lowest BCUT2D eigenvalue weighted by Crippen LogP contribution is -2.14. The summed E-state index contributed by atoms with van der Waals surface area (Å²) in [6.07, 6.45) is 17.0. The molecule has 0 amide bonds. The van der Waals surface area contributed by atoms with E-state index in [9.17, 15) is 8.78 Å². The van der Waals surface area contributed by atoms with Crippen molar-refractivity contribution in [3.63, 3.8) is 0 Å². The maximum Gasteiger partial charge on any atom is 0.159 e. The number of nitrogens with zero attached hydrogens (tertiary/aromatic N) is 2. The molecule has 0 aliphatic carbocycles. The van der Waals surface area contributed by atoms with Crippen LogP contribution in [0.25, 0.3) is 11.4 Å². The van der Waals surface area contributed by atoms with Gasteiger partial charge in [-0.15, -0.1) is 0 Å². The molecular weight excluding hydrogens is 430 g/mol. The third-order valence-electron chi connectivity index (χ3n) is 6.30. The standard InChI is InChI=1S/C29H44F2N2O/c1-3-5-6-7-8-9-10-11-12-13-14-24-21-32-29(33-22-24)25-15-19-28(20-16-25)34-23-27(31)18-17-26(30)4-2/h15-16,19-22,26-27H,3-14,17-18,23H2,1-2H3. The van der Waals surface area contributed by atoms with Crippen molar-refractivity contribution in [2.45, 2.75) is 116 Å². The minimum Gasteiger partial charge on any atom is -0.491 e. The lowest BCUT2D eigenvalue weighted by Gasteiger charge is -2.12. The highest BCUT2D eigenvalue weighted by Crippen LogP contribution is 2.21. The van der Waals surface area contributed by atoms with Crippen LogP contribution in [0.2, 0.25) is 0 Å². The van der Waals surface area contributed by atoms with E-state index >= 15 is 0 Å². The molecule has 0 saturated heterocycles. The molecule has 2 aromatic rings. The Bertz CT molecular complexity index is 752. The molecule has 0 saturated carbocycles. The molecule has 1 aromatic carbocycles. The number of ether oxygens (including phenoxy) is 1. The van der Waals surface area contributed by atoms with Crippen molar-refractivity contribution < 1.29 is 13.5 Å². The maximum atomic E-state index is 13.9. The summed E-state index contributed by atoms with van der Waals surface area (Å²) in [5, 5.41) is 0. The number of benzene rings is 1. The molecule has 0 radical (unpaired) electrons. The fourth-order valence-corrected chi connectivity index (χ4v) is 3.99. The molecule has 2 unspecified atom stereocenters. The Balaban J connectivity index is 1.63. The van der Waals surface area contributed by atoms with Gasteiger partial charge in [-0.05, 0) is 61.9 Å². The SMILES string of the molecule is CCCCCCCCCCCCc1cnc(-c2ccc(OCC(F)CCC(F)CC)cc2)nc1. The Morgan fingerprint density at radius 1 is 0.735 bits per heavy atom. The van der Waals surface area contributed by atoms with Crippen LogP contribution >= 0.6 is 0 Å². The van der Waals surface area contributed by atoms with E-state index in [-0.39, 0.29) is 19.4 Å². The van der Waals surface area contributed by atoms with Crippen LogP contribution in [0.15, 0.2) is 36.7 Å². The van der Waals surface area contributed by atoms with Gasteiger partial charge in [-0.1, -0.05) is 71.6 Å². The van der Waals surface area contributed by atoms with E-state index in [1.807, 2.05) is 24.5 Å². The molecule has 0 fully saturated rings. The molecule has 34 heavy (non-hydrogen) atoms. The van der Waals surface area contributed by atoms with Crippen molar-refractivity contribution in [2.24, 2.45) is 0 Å². The average molecular weight is 475 g/mol. The van der Waals surface area contributed by atoms with Gasteiger partial charge in [0.05, 0.1) is 6.17 Å². The highest BCUT2D eigenvalue weighted by Gasteiger charge is 2.12. The fourth-order valence-electron chi connectivity index (χ4n) is 3.99. The van der Waals surface area contributed by atoms with Gasteiger partial charge in [0.25, 0.3) is 0 Å². The summed E-state index contributed by atoms with van der Waals surface area (Å²) in [6.45, 7) is 3.98. The molecule has 0 aliphatic rings. The Hall–Kier alpha value is -2.04. The molecule has 0 aliphatic heterocycles. The molecule has 1 aromatic heterocycles. The summed E-state index contributed by atoms with van der Waals surface area (Å²) < 4.78 is 32.6. The third-order valence-corrected chi connectivity index (χ3v) is 6.30. The largest absolute Gasteiger partial charge is 0.491 e. The Labute approximate surface area is 205 Å². The van der Waals surface area contributed by atoms with Crippen LogP contribution < -0.4 is 4.74 Å². The molecule has 0 N–H and O–H groups in total. The Morgan fingerprint density at radius 2 is 1.29 bits per heavy atom. The van der Waals surface area contributed by atoms with Crippen molar-refractivity contribution in [1.29, 1.82) is 0 Å². The fraction of sp³-hybridized carbons (Fsp3) is 0.655. The van der Waals surface area contributed by atoms with E-state index in [0.717, 1.165) is 12.0 Å². The van der Waals surface area contributed by atoms with Gasteiger partial charge in [-0.25, -0.2) is 18.7 Å². The zero-order valence-corrected chi connectivity index (χ0v) is 21.3. The number of rotatable bonds is 19. The Kier molecular flexibility index (Phi) is 14.4. The van der Waals surface area contributed by atoms with Gasteiger partial charge in [0.15, 0.2) is 5.82 Å². The molecule has 1 heterocycles. The normalized spacial score (nSPS) is 13.1. The van der Waals surface area contributed by atoms with E-state index in [1.54, 1.807) is 19.1 Å².